The molecule has 0 unspecified atom stereocenters. The van der Waals surface area contributed by atoms with Gasteiger partial charge in [0.1, 0.15) is 18.1 Å². The Morgan fingerprint density at radius 1 is 1.17 bits per heavy atom. The van der Waals surface area contributed by atoms with E-state index < -0.39 is 17.6 Å². The van der Waals surface area contributed by atoms with Crippen LogP contribution in [-0.2, 0) is 17.9 Å². The summed E-state index contributed by atoms with van der Waals surface area (Å²) in [5.74, 6) is -0.714. The fraction of sp³-hybridized carbons (Fsp3) is 0.208. The Balaban J connectivity index is 1.81. The quantitative estimate of drug-likeness (QED) is 0.140. The molecule has 36 heavy (non-hydrogen) atoms. The summed E-state index contributed by atoms with van der Waals surface area (Å²) in [4.78, 5) is 40.8. The number of nitrogens with two attached hydrogens (primary N) is 1. The molecule has 0 aliphatic rings. The third kappa shape index (κ3) is 6.59. The van der Waals surface area contributed by atoms with Crippen molar-refractivity contribution in [2.75, 3.05) is 11.1 Å². The number of aromatic hydroxyl groups is 1. The fourth-order valence-corrected chi connectivity index (χ4v) is 3.40. The van der Waals surface area contributed by atoms with Crippen LogP contribution in [0.5, 0.6) is 5.75 Å². The molecule has 1 aromatic heterocycles. The summed E-state index contributed by atoms with van der Waals surface area (Å²) in [6.07, 6.45) is 0.106. The van der Waals surface area contributed by atoms with Crippen LogP contribution in [0.3, 0.4) is 0 Å². The van der Waals surface area contributed by atoms with E-state index in [1.165, 1.54) is 22.9 Å². The number of amidine groups is 1. The molecule has 2 amide bonds. The second-order valence-corrected chi connectivity index (χ2v) is 8.27. The standard InChI is InChI=1S/C24H27N7O5/c1-13(2)29-22-23(34)31(19(11-28-22)16-7-17(25)9-18(32)8-16)12-20(33)27-10-14-3-5-15(6-4-14)21(26)30-24(35)36/h3-9,11,13,32H,10,12,25H2,1-2H3,(H2,26,30)(H,27,33)(H,28,29)(H,35,36). The number of anilines is 2. The lowest BCUT2D eigenvalue weighted by Gasteiger charge is -2.16. The molecule has 0 atom stereocenters. The van der Waals surface area contributed by atoms with E-state index in [0.29, 0.717) is 22.4 Å². The van der Waals surface area contributed by atoms with Crippen molar-refractivity contribution >= 4 is 29.3 Å². The predicted octanol–water partition coefficient (Wildman–Crippen LogP) is 1.93. The Morgan fingerprint density at radius 2 is 1.86 bits per heavy atom. The number of hydrogen-bond acceptors (Lipinski definition) is 8. The maximum Gasteiger partial charge on any atom is 0.410 e. The Labute approximate surface area is 206 Å². The van der Waals surface area contributed by atoms with E-state index in [9.17, 15) is 19.5 Å². The van der Waals surface area contributed by atoms with Crippen LogP contribution >= 0.6 is 0 Å². The number of nitrogen functional groups attached to an aromatic ring is 1. The van der Waals surface area contributed by atoms with Gasteiger partial charge in [-0.15, -0.1) is 0 Å². The van der Waals surface area contributed by atoms with E-state index in [1.807, 2.05) is 19.2 Å². The van der Waals surface area contributed by atoms with Crippen LogP contribution in [0.1, 0.15) is 25.0 Å². The molecule has 0 fully saturated rings. The van der Waals surface area contributed by atoms with Gasteiger partial charge in [0.15, 0.2) is 5.82 Å². The highest BCUT2D eigenvalue weighted by atomic mass is 16.4. The van der Waals surface area contributed by atoms with Crippen molar-refractivity contribution in [2.45, 2.75) is 33.0 Å². The molecule has 3 aromatic rings. The van der Waals surface area contributed by atoms with E-state index in [2.05, 4.69) is 15.6 Å². The number of phenols is 1. The maximum atomic E-state index is 13.2. The molecule has 0 saturated carbocycles. The van der Waals surface area contributed by atoms with Crippen molar-refractivity contribution in [3.8, 4) is 17.0 Å². The minimum absolute atomic E-state index is 0.0649. The molecule has 188 valence electrons. The SMILES string of the molecule is CC(C)Nc1ncc(-c2cc(N)cc(O)c2)n(CC(=O)NCc2ccc(C(=N)NC(=O)O)cc2)c1=O. The van der Waals surface area contributed by atoms with E-state index >= 15 is 0 Å². The summed E-state index contributed by atoms with van der Waals surface area (Å²) in [6, 6.07) is 10.7. The summed E-state index contributed by atoms with van der Waals surface area (Å²) < 4.78 is 1.25. The van der Waals surface area contributed by atoms with Crippen molar-refractivity contribution in [3.63, 3.8) is 0 Å². The van der Waals surface area contributed by atoms with Gasteiger partial charge in [0, 0.05) is 35.5 Å². The molecule has 12 nitrogen and oxygen atoms in total. The van der Waals surface area contributed by atoms with Gasteiger partial charge in [0.05, 0.1) is 11.9 Å². The summed E-state index contributed by atoms with van der Waals surface area (Å²) in [6.45, 7) is 3.54. The van der Waals surface area contributed by atoms with Gasteiger partial charge in [0.2, 0.25) is 5.91 Å². The monoisotopic (exact) mass is 493 g/mol. The van der Waals surface area contributed by atoms with Gasteiger partial charge >= 0.3 is 6.09 Å². The van der Waals surface area contributed by atoms with Gasteiger partial charge < -0.3 is 26.6 Å². The van der Waals surface area contributed by atoms with Gasteiger partial charge in [-0.05, 0) is 31.5 Å². The van der Waals surface area contributed by atoms with Crippen LogP contribution in [0, 0.1) is 5.41 Å². The zero-order valence-electron chi connectivity index (χ0n) is 19.7. The van der Waals surface area contributed by atoms with Crippen molar-refractivity contribution < 1.29 is 19.8 Å². The van der Waals surface area contributed by atoms with Crippen LogP contribution in [0.25, 0.3) is 11.3 Å². The summed E-state index contributed by atoms with van der Waals surface area (Å²) in [5, 5.41) is 34.0. The highest BCUT2D eigenvalue weighted by Crippen LogP contribution is 2.26. The summed E-state index contributed by atoms with van der Waals surface area (Å²) >= 11 is 0. The number of carbonyl (C=O) groups excluding carboxylic acids is 1. The van der Waals surface area contributed by atoms with E-state index in [1.54, 1.807) is 30.3 Å². The number of nitrogens with one attached hydrogen (secondary N) is 4. The summed E-state index contributed by atoms with van der Waals surface area (Å²) in [5.41, 5.74) is 7.43. The molecule has 0 aliphatic carbocycles. The Bertz CT molecular complexity index is 1330. The number of phenolic OH excluding ortho intramolecular Hbond substituents is 1. The van der Waals surface area contributed by atoms with Crippen LogP contribution in [0.4, 0.5) is 16.3 Å². The Kier molecular flexibility index (Phi) is 7.89. The van der Waals surface area contributed by atoms with E-state index in [-0.39, 0.29) is 42.2 Å². The van der Waals surface area contributed by atoms with Gasteiger partial charge in [-0.1, -0.05) is 24.3 Å². The lowest BCUT2D eigenvalue weighted by molar-refractivity contribution is -0.121. The molecular weight excluding hydrogens is 466 g/mol. The molecule has 0 bridgehead atoms. The van der Waals surface area contributed by atoms with Crippen LogP contribution in [0.2, 0.25) is 0 Å². The molecule has 0 aliphatic heterocycles. The number of aromatic nitrogens is 2. The highest BCUT2D eigenvalue weighted by Gasteiger charge is 2.16. The number of nitrogens with zero attached hydrogens (tertiary/aromatic N) is 2. The fourth-order valence-electron chi connectivity index (χ4n) is 3.40. The molecule has 0 spiro atoms. The zero-order valence-corrected chi connectivity index (χ0v) is 19.7. The third-order valence-electron chi connectivity index (χ3n) is 4.98. The van der Waals surface area contributed by atoms with Gasteiger partial charge in [-0.2, -0.15) is 0 Å². The molecule has 0 radical (unpaired) electrons. The predicted molar refractivity (Wildman–Crippen MR) is 135 cm³/mol. The first-order valence-electron chi connectivity index (χ1n) is 10.9. The average molecular weight is 494 g/mol. The van der Waals surface area contributed by atoms with E-state index in [4.69, 9.17) is 16.2 Å². The number of hydrogen-bond donors (Lipinski definition) is 7. The number of amides is 2. The molecule has 0 saturated heterocycles. The molecule has 1 heterocycles. The second kappa shape index (κ2) is 11.0. The lowest BCUT2D eigenvalue weighted by Crippen LogP contribution is -2.35. The normalized spacial score (nSPS) is 10.6. The van der Waals surface area contributed by atoms with Gasteiger partial charge in [-0.3, -0.25) is 24.9 Å². The summed E-state index contributed by atoms with van der Waals surface area (Å²) in [7, 11) is 0. The number of carbonyl (C=O) groups is 2. The van der Waals surface area contributed by atoms with Gasteiger partial charge in [0.25, 0.3) is 5.56 Å². The first kappa shape index (κ1) is 25.7. The number of rotatable bonds is 8. The van der Waals surface area contributed by atoms with Crippen molar-refractivity contribution in [2.24, 2.45) is 0 Å². The highest BCUT2D eigenvalue weighted by molar-refractivity contribution is 6.04. The van der Waals surface area contributed by atoms with Crippen LogP contribution in [0.15, 0.2) is 53.5 Å². The molecular formula is C24H27N7O5. The molecule has 12 heteroatoms. The minimum atomic E-state index is -1.33. The number of benzene rings is 2. The molecule has 2 aromatic carbocycles. The second-order valence-electron chi connectivity index (χ2n) is 8.27. The molecule has 8 N–H and O–H groups in total. The first-order valence-corrected chi connectivity index (χ1v) is 10.9. The maximum absolute atomic E-state index is 13.2. The van der Waals surface area contributed by atoms with Crippen LogP contribution in [-0.4, -0.2) is 43.6 Å². The lowest BCUT2D eigenvalue weighted by atomic mass is 10.1. The largest absolute Gasteiger partial charge is 0.508 e. The van der Waals surface area contributed by atoms with Crippen LogP contribution < -0.4 is 27.2 Å². The number of carboxylic acid groups (broad SMARTS) is 1. The van der Waals surface area contributed by atoms with Crippen molar-refractivity contribution in [1.29, 1.82) is 5.41 Å². The Hall–Kier alpha value is -4.87. The first-order chi connectivity index (χ1) is 17.0. The zero-order chi connectivity index (χ0) is 26.4. The smallest absolute Gasteiger partial charge is 0.410 e. The topological polar surface area (TPSA) is 195 Å². The van der Waals surface area contributed by atoms with Crippen molar-refractivity contribution in [3.05, 3.63) is 70.1 Å². The average Bonchev–Trinajstić information content (AvgIpc) is 2.79. The Morgan fingerprint density at radius 3 is 2.47 bits per heavy atom. The van der Waals surface area contributed by atoms with Gasteiger partial charge in [-0.25, -0.2) is 9.78 Å². The molecule has 3 rings (SSSR count). The van der Waals surface area contributed by atoms with Crippen molar-refractivity contribution in [1.82, 2.24) is 20.2 Å². The van der Waals surface area contributed by atoms with E-state index in [0.717, 1.165) is 0 Å². The minimum Gasteiger partial charge on any atom is -0.508 e. The third-order valence-corrected chi connectivity index (χ3v) is 4.98.